The Bertz CT molecular complexity index is 664. The molecule has 2 aromatic rings. The molecule has 1 atom stereocenters. The number of rotatable bonds is 3. The summed E-state index contributed by atoms with van der Waals surface area (Å²) in [6.07, 6.45) is -3.07. The highest BCUT2D eigenvalue weighted by atomic mass is 19.4. The molecule has 0 bridgehead atoms. The van der Waals surface area contributed by atoms with Gasteiger partial charge < -0.3 is 15.2 Å². The van der Waals surface area contributed by atoms with E-state index < -0.39 is 24.5 Å². The minimum Gasteiger partial charge on any atom is -0.347 e. The molecule has 2 heterocycles. The lowest BCUT2D eigenvalue weighted by Gasteiger charge is -2.31. The van der Waals surface area contributed by atoms with Gasteiger partial charge in [-0.15, -0.1) is 0 Å². The smallest absolute Gasteiger partial charge is 0.347 e. The van der Waals surface area contributed by atoms with Gasteiger partial charge in [0, 0.05) is 13.1 Å². The van der Waals surface area contributed by atoms with Gasteiger partial charge in [0.1, 0.15) is 6.54 Å². The molecule has 5 nitrogen and oxygen atoms in total. The van der Waals surface area contributed by atoms with Crippen LogP contribution >= 0.6 is 0 Å². The summed E-state index contributed by atoms with van der Waals surface area (Å²) in [5.41, 5.74) is 1.72. The zero-order valence-electron chi connectivity index (χ0n) is 12.4. The average molecular weight is 326 g/mol. The maximum atomic E-state index is 12.2. The molecule has 1 aromatic carbocycles. The molecule has 1 saturated heterocycles. The van der Waals surface area contributed by atoms with Crippen LogP contribution in [-0.4, -0.2) is 41.7 Å². The van der Waals surface area contributed by atoms with Crippen LogP contribution in [0.5, 0.6) is 0 Å². The van der Waals surface area contributed by atoms with Crippen LogP contribution in [0.3, 0.4) is 0 Å². The minimum atomic E-state index is -4.39. The fourth-order valence-electron chi connectivity index (χ4n) is 2.80. The second-order valence-electron chi connectivity index (χ2n) is 5.70. The second-order valence-corrected chi connectivity index (χ2v) is 5.70. The molecule has 23 heavy (non-hydrogen) atoms. The van der Waals surface area contributed by atoms with Crippen LogP contribution in [0.1, 0.15) is 12.8 Å². The third-order valence-corrected chi connectivity index (χ3v) is 3.93. The number of aromatic nitrogens is 2. The SMILES string of the molecule is O=C(NCC(F)(F)F)C1CCCN(c2nc3ccccc3[nH]2)C1. The van der Waals surface area contributed by atoms with Crippen molar-refractivity contribution in [3.63, 3.8) is 0 Å². The normalized spacial score (nSPS) is 19.1. The van der Waals surface area contributed by atoms with Crippen molar-refractivity contribution in [2.75, 3.05) is 24.5 Å². The van der Waals surface area contributed by atoms with Gasteiger partial charge in [-0.3, -0.25) is 4.79 Å². The molecule has 0 spiro atoms. The molecule has 124 valence electrons. The van der Waals surface area contributed by atoms with E-state index in [1.165, 1.54) is 0 Å². The summed E-state index contributed by atoms with van der Waals surface area (Å²) in [6, 6.07) is 7.57. The Morgan fingerprint density at radius 2 is 2.17 bits per heavy atom. The van der Waals surface area contributed by atoms with Crippen LogP contribution < -0.4 is 10.2 Å². The number of carbonyl (C=O) groups is 1. The van der Waals surface area contributed by atoms with E-state index in [2.05, 4.69) is 9.97 Å². The number of H-pyrrole nitrogens is 1. The van der Waals surface area contributed by atoms with Gasteiger partial charge in [0.05, 0.1) is 17.0 Å². The lowest BCUT2D eigenvalue weighted by molar-refractivity contribution is -0.140. The maximum absolute atomic E-state index is 12.2. The van der Waals surface area contributed by atoms with Crippen LogP contribution in [0, 0.1) is 5.92 Å². The number of fused-ring (bicyclic) bond motifs is 1. The second kappa shape index (κ2) is 6.10. The number of anilines is 1. The molecule has 1 aliphatic heterocycles. The molecular weight excluding hydrogens is 309 g/mol. The first-order valence-corrected chi connectivity index (χ1v) is 7.46. The Balaban J connectivity index is 1.67. The zero-order valence-corrected chi connectivity index (χ0v) is 12.4. The van der Waals surface area contributed by atoms with Crippen LogP contribution in [0.2, 0.25) is 0 Å². The first kappa shape index (κ1) is 15.6. The summed E-state index contributed by atoms with van der Waals surface area (Å²) in [4.78, 5) is 21.5. The Kier molecular flexibility index (Phi) is 4.14. The van der Waals surface area contributed by atoms with E-state index in [1.807, 2.05) is 34.5 Å². The highest BCUT2D eigenvalue weighted by Gasteiger charge is 2.31. The number of amides is 1. The molecule has 0 aliphatic carbocycles. The largest absolute Gasteiger partial charge is 0.405 e. The van der Waals surface area contributed by atoms with Crippen LogP contribution in [0.25, 0.3) is 11.0 Å². The summed E-state index contributed by atoms with van der Waals surface area (Å²) in [5, 5.41) is 1.97. The molecule has 1 aliphatic rings. The van der Waals surface area contributed by atoms with Crippen molar-refractivity contribution in [1.29, 1.82) is 0 Å². The van der Waals surface area contributed by atoms with E-state index in [1.54, 1.807) is 0 Å². The van der Waals surface area contributed by atoms with Crippen molar-refractivity contribution in [1.82, 2.24) is 15.3 Å². The van der Waals surface area contributed by atoms with E-state index in [4.69, 9.17) is 0 Å². The summed E-state index contributed by atoms with van der Waals surface area (Å²) in [6.45, 7) is -0.195. The van der Waals surface area contributed by atoms with E-state index in [-0.39, 0.29) is 0 Å². The van der Waals surface area contributed by atoms with Crippen molar-refractivity contribution in [2.45, 2.75) is 19.0 Å². The molecule has 1 aromatic heterocycles. The average Bonchev–Trinajstić information content (AvgIpc) is 2.96. The lowest BCUT2D eigenvalue weighted by atomic mass is 9.97. The number of aromatic amines is 1. The van der Waals surface area contributed by atoms with Gasteiger partial charge in [0.15, 0.2) is 0 Å². The zero-order chi connectivity index (χ0) is 16.4. The van der Waals surface area contributed by atoms with Crippen molar-refractivity contribution >= 4 is 22.9 Å². The molecule has 3 rings (SSSR count). The van der Waals surface area contributed by atoms with Gasteiger partial charge in [0.25, 0.3) is 0 Å². The molecular formula is C15H17F3N4O. The summed E-state index contributed by atoms with van der Waals surface area (Å²) in [7, 11) is 0. The molecule has 1 unspecified atom stereocenters. The number of halogens is 3. The van der Waals surface area contributed by atoms with E-state index in [0.717, 1.165) is 24.0 Å². The molecule has 1 fully saturated rings. The van der Waals surface area contributed by atoms with Gasteiger partial charge in [-0.05, 0) is 25.0 Å². The van der Waals surface area contributed by atoms with Crippen molar-refractivity contribution < 1.29 is 18.0 Å². The van der Waals surface area contributed by atoms with Gasteiger partial charge >= 0.3 is 6.18 Å². The van der Waals surface area contributed by atoms with Crippen LogP contribution in [-0.2, 0) is 4.79 Å². The fourth-order valence-corrected chi connectivity index (χ4v) is 2.80. The molecule has 1 amide bonds. The Hall–Kier alpha value is -2.25. The number of nitrogens with zero attached hydrogens (tertiary/aromatic N) is 2. The van der Waals surface area contributed by atoms with E-state index >= 15 is 0 Å². The predicted molar refractivity (Wildman–Crippen MR) is 80.1 cm³/mol. The van der Waals surface area contributed by atoms with Crippen molar-refractivity contribution in [2.24, 2.45) is 5.92 Å². The number of piperidine rings is 1. The number of benzene rings is 1. The first-order chi connectivity index (χ1) is 10.9. The number of para-hydroxylation sites is 2. The van der Waals surface area contributed by atoms with Gasteiger partial charge in [0.2, 0.25) is 11.9 Å². The Labute approximate surface area is 130 Å². The summed E-state index contributed by atoms with van der Waals surface area (Å²) < 4.78 is 36.6. The fraction of sp³-hybridized carbons (Fsp3) is 0.467. The van der Waals surface area contributed by atoms with Crippen LogP contribution in [0.15, 0.2) is 24.3 Å². The summed E-state index contributed by atoms with van der Waals surface area (Å²) in [5.74, 6) is -0.359. The number of hydrogen-bond acceptors (Lipinski definition) is 3. The van der Waals surface area contributed by atoms with Crippen molar-refractivity contribution in [3.8, 4) is 0 Å². The molecule has 2 N–H and O–H groups in total. The molecule has 8 heteroatoms. The predicted octanol–water partition coefficient (Wildman–Crippen LogP) is 2.46. The highest BCUT2D eigenvalue weighted by molar-refractivity contribution is 5.80. The monoisotopic (exact) mass is 326 g/mol. The third-order valence-electron chi connectivity index (χ3n) is 3.93. The molecule has 0 saturated carbocycles. The molecule has 0 radical (unpaired) electrons. The first-order valence-electron chi connectivity index (χ1n) is 7.46. The lowest BCUT2D eigenvalue weighted by Crippen LogP contribution is -2.45. The number of nitrogens with one attached hydrogen (secondary N) is 2. The van der Waals surface area contributed by atoms with Crippen LogP contribution in [0.4, 0.5) is 19.1 Å². The third kappa shape index (κ3) is 3.75. The van der Waals surface area contributed by atoms with Gasteiger partial charge in [-0.25, -0.2) is 4.98 Å². The number of imidazole rings is 1. The minimum absolute atomic E-state index is 0.365. The standard InChI is InChI=1S/C15H17F3N4O/c16-15(17,18)9-19-13(23)10-4-3-7-22(8-10)14-20-11-5-1-2-6-12(11)21-14/h1-2,5-6,10H,3-4,7-9H2,(H,19,23)(H,20,21). The Morgan fingerprint density at radius 1 is 1.39 bits per heavy atom. The quantitative estimate of drug-likeness (QED) is 0.911. The summed E-state index contributed by atoms with van der Waals surface area (Å²) >= 11 is 0. The Morgan fingerprint density at radius 3 is 2.91 bits per heavy atom. The highest BCUT2D eigenvalue weighted by Crippen LogP contribution is 2.24. The number of hydrogen-bond donors (Lipinski definition) is 2. The van der Waals surface area contributed by atoms with E-state index in [0.29, 0.717) is 18.9 Å². The van der Waals surface area contributed by atoms with Gasteiger partial charge in [-0.2, -0.15) is 13.2 Å². The van der Waals surface area contributed by atoms with Crippen molar-refractivity contribution in [3.05, 3.63) is 24.3 Å². The topological polar surface area (TPSA) is 61.0 Å². The maximum Gasteiger partial charge on any atom is 0.405 e. The number of carbonyl (C=O) groups excluding carboxylic acids is 1. The number of alkyl halides is 3. The van der Waals surface area contributed by atoms with E-state index in [9.17, 15) is 18.0 Å². The van der Waals surface area contributed by atoms with Gasteiger partial charge in [-0.1, -0.05) is 12.1 Å².